The molecule has 5 heteroatoms. The summed E-state index contributed by atoms with van der Waals surface area (Å²) in [6, 6.07) is 1.90. The van der Waals surface area contributed by atoms with Crippen LogP contribution in [-0.2, 0) is 0 Å². The summed E-state index contributed by atoms with van der Waals surface area (Å²) in [5.74, 6) is 0.572. The number of hydrogen-bond donors (Lipinski definition) is 2. The van der Waals surface area contributed by atoms with Crippen molar-refractivity contribution < 1.29 is 4.79 Å². The molecule has 2 N–H and O–H groups in total. The Balaban J connectivity index is 2.21. The van der Waals surface area contributed by atoms with Gasteiger partial charge in [0.1, 0.15) is 5.82 Å². The second-order valence-corrected chi connectivity index (χ2v) is 5.17. The average molecular weight is 235 g/mol. The first kappa shape index (κ1) is 10.9. The second kappa shape index (κ2) is 4.09. The fraction of sp³-hybridized carbons (Fsp3) is 0.273. The van der Waals surface area contributed by atoms with Crippen molar-refractivity contribution in [2.45, 2.75) is 20.8 Å². The van der Waals surface area contributed by atoms with Gasteiger partial charge in [0.25, 0.3) is 5.91 Å². The molecule has 4 nitrogen and oxygen atoms in total. The van der Waals surface area contributed by atoms with E-state index in [2.05, 4.69) is 15.5 Å². The molecule has 84 valence electrons. The van der Waals surface area contributed by atoms with Gasteiger partial charge in [-0.1, -0.05) is 0 Å². The van der Waals surface area contributed by atoms with Crippen LogP contribution < -0.4 is 5.32 Å². The van der Waals surface area contributed by atoms with Crippen LogP contribution in [0, 0.1) is 20.8 Å². The number of anilines is 1. The van der Waals surface area contributed by atoms with E-state index in [1.165, 1.54) is 0 Å². The maximum Gasteiger partial charge on any atom is 0.257 e. The van der Waals surface area contributed by atoms with E-state index in [1.807, 2.05) is 26.8 Å². The van der Waals surface area contributed by atoms with Crippen LogP contribution in [0.4, 0.5) is 5.82 Å². The van der Waals surface area contributed by atoms with E-state index in [1.54, 1.807) is 17.5 Å². The van der Waals surface area contributed by atoms with Crippen LogP contribution in [-0.4, -0.2) is 16.1 Å². The van der Waals surface area contributed by atoms with Crippen LogP contribution in [0.1, 0.15) is 25.7 Å². The summed E-state index contributed by atoms with van der Waals surface area (Å²) in [4.78, 5) is 14.1. The Bertz CT molecular complexity index is 527. The first-order valence-corrected chi connectivity index (χ1v) is 5.78. The molecule has 0 saturated carbocycles. The summed E-state index contributed by atoms with van der Waals surface area (Å²) in [5, 5.41) is 9.42. The van der Waals surface area contributed by atoms with Gasteiger partial charge in [0.2, 0.25) is 0 Å². The smallest absolute Gasteiger partial charge is 0.257 e. The minimum Gasteiger partial charge on any atom is -0.307 e. The normalized spacial score (nSPS) is 10.4. The number of amides is 1. The maximum absolute atomic E-state index is 11.9. The van der Waals surface area contributed by atoms with Gasteiger partial charge < -0.3 is 5.32 Å². The predicted octanol–water partition coefficient (Wildman–Crippen LogP) is 2.65. The Kier molecular flexibility index (Phi) is 2.78. The molecule has 0 aliphatic carbocycles. The van der Waals surface area contributed by atoms with Crippen molar-refractivity contribution in [3.63, 3.8) is 0 Å². The third-order valence-electron chi connectivity index (χ3n) is 2.35. The average Bonchev–Trinajstić information content (AvgIpc) is 2.74. The SMILES string of the molecule is Cc1cc(C(=O)Nc2[nH]ncc2C)c(C)s1. The highest BCUT2D eigenvalue weighted by Gasteiger charge is 2.13. The van der Waals surface area contributed by atoms with Crippen LogP contribution in [0.3, 0.4) is 0 Å². The minimum atomic E-state index is -0.0887. The highest BCUT2D eigenvalue weighted by molar-refractivity contribution is 7.12. The van der Waals surface area contributed by atoms with Gasteiger partial charge in [0, 0.05) is 15.3 Å². The van der Waals surface area contributed by atoms with Crippen molar-refractivity contribution in [3.05, 3.63) is 33.1 Å². The number of rotatable bonds is 2. The highest BCUT2D eigenvalue weighted by Crippen LogP contribution is 2.21. The van der Waals surface area contributed by atoms with Gasteiger partial charge in [-0.25, -0.2) is 0 Å². The number of thiophene rings is 1. The zero-order valence-electron chi connectivity index (χ0n) is 9.42. The first-order chi connectivity index (χ1) is 7.58. The van der Waals surface area contributed by atoms with Crippen molar-refractivity contribution >= 4 is 23.1 Å². The lowest BCUT2D eigenvalue weighted by molar-refractivity contribution is 0.102. The summed E-state index contributed by atoms with van der Waals surface area (Å²) >= 11 is 1.63. The fourth-order valence-electron chi connectivity index (χ4n) is 1.51. The number of hydrogen-bond acceptors (Lipinski definition) is 3. The fourth-order valence-corrected chi connectivity index (χ4v) is 2.43. The van der Waals surface area contributed by atoms with Crippen LogP contribution in [0.2, 0.25) is 0 Å². The molecule has 0 unspecified atom stereocenters. The first-order valence-electron chi connectivity index (χ1n) is 4.96. The standard InChI is InChI=1S/C11H13N3OS/c1-6-5-12-14-10(6)13-11(15)9-4-7(2)16-8(9)3/h4-5H,1-3H3,(H2,12,13,14,15). The number of nitrogens with zero attached hydrogens (tertiary/aromatic N) is 1. The van der Waals surface area contributed by atoms with E-state index in [0.717, 1.165) is 20.9 Å². The van der Waals surface area contributed by atoms with Crippen LogP contribution in [0.15, 0.2) is 12.3 Å². The summed E-state index contributed by atoms with van der Waals surface area (Å²) in [6.45, 7) is 5.84. The summed E-state index contributed by atoms with van der Waals surface area (Å²) in [5.41, 5.74) is 1.66. The molecular weight excluding hydrogens is 222 g/mol. The van der Waals surface area contributed by atoms with E-state index < -0.39 is 0 Å². The van der Waals surface area contributed by atoms with Crippen LogP contribution in [0.25, 0.3) is 0 Å². The Morgan fingerprint density at radius 3 is 2.69 bits per heavy atom. The van der Waals surface area contributed by atoms with E-state index in [4.69, 9.17) is 0 Å². The number of nitrogens with one attached hydrogen (secondary N) is 2. The van der Waals surface area contributed by atoms with Crippen molar-refractivity contribution in [2.24, 2.45) is 0 Å². The minimum absolute atomic E-state index is 0.0887. The van der Waals surface area contributed by atoms with Gasteiger partial charge in [-0.2, -0.15) is 5.10 Å². The Hall–Kier alpha value is -1.62. The molecule has 0 radical (unpaired) electrons. The molecule has 0 aliphatic heterocycles. The lowest BCUT2D eigenvalue weighted by atomic mass is 10.2. The number of aromatic nitrogens is 2. The van der Waals surface area contributed by atoms with Gasteiger partial charge in [0.05, 0.1) is 11.8 Å². The monoisotopic (exact) mass is 235 g/mol. The number of carbonyl (C=O) groups is 1. The molecule has 0 saturated heterocycles. The number of aromatic amines is 1. The molecule has 0 bridgehead atoms. The van der Waals surface area contributed by atoms with Crippen molar-refractivity contribution in [1.29, 1.82) is 0 Å². The Morgan fingerprint density at radius 1 is 1.44 bits per heavy atom. The van der Waals surface area contributed by atoms with Crippen molar-refractivity contribution in [1.82, 2.24) is 10.2 Å². The van der Waals surface area contributed by atoms with Gasteiger partial charge in [0.15, 0.2) is 0 Å². The van der Waals surface area contributed by atoms with Crippen LogP contribution >= 0.6 is 11.3 Å². The molecule has 2 heterocycles. The molecule has 0 atom stereocenters. The van der Waals surface area contributed by atoms with E-state index in [9.17, 15) is 4.79 Å². The molecule has 1 amide bonds. The van der Waals surface area contributed by atoms with E-state index in [0.29, 0.717) is 5.82 Å². The van der Waals surface area contributed by atoms with Crippen molar-refractivity contribution in [2.75, 3.05) is 5.32 Å². The number of H-pyrrole nitrogens is 1. The lowest BCUT2D eigenvalue weighted by Gasteiger charge is -2.02. The topological polar surface area (TPSA) is 57.8 Å². The quantitative estimate of drug-likeness (QED) is 0.840. The van der Waals surface area contributed by atoms with Gasteiger partial charge in [-0.15, -0.1) is 11.3 Å². The van der Waals surface area contributed by atoms with E-state index >= 15 is 0 Å². The Morgan fingerprint density at radius 2 is 2.19 bits per heavy atom. The molecule has 0 aliphatic rings. The summed E-state index contributed by atoms with van der Waals surface area (Å²) in [6.07, 6.45) is 1.68. The lowest BCUT2D eigenvalue weighted by Crippen LogP contribution is -2.13. The number of aryl methyl sites for hydroxylation is 3. The molecule has 2 aromatic heterocycles. The van der Waals surface area contributed by atoms with E-state index in [-0.39, 0.29) is 5.91 Å². The molecule has 0 aromatic carbocycles. The summed E-state index contributed by atoms with van der Waals surface area (Å²) in [7, 11) is 0. The molecular formula is C11H13N3OS. The zero-order valence-corrected chi connectivity index (χ0v) is 10.2. The zero-order chi connectivity index (χ0) is 11.7. The largest absolute Gasteiger partial charge is 0.307 e. The number of carbonyl (C=O) groups excluding carboxylic acids is 1. The summed E-state index contributed by atoms with van der Waals surface area (Å²) < 4.78 is 0. The third-order valence-corrected chi connectivity index (χ3v) is 3.32. The Labute approximate surface area is 97.7 Å². The molecule has 2 rings (SSSR count). The molecule has 0 spiro atoms. The second-order valence-electron chi connectivity index (χ2n) is 3.71. The molecule has 0 fully saturated rings. The van der Waals surface area contributed by atoms with Gasteiger partial charge >= 0.3 is 0 Å². The van der Waals surface area contributed by atoms with Gasteiger partial charge in [-0.05, 0) is 26.8 Å². The highest BCUT2D eigenvalue weighted by atomic mass is 32.1. The third kappa shape index (κ3) is 1.99. The van der Waals surface area contributed by atoms with Gasteiger partial charge in [-0.3, -0.25) is 9.89 Å². The maximum atomic E-state index is 11.9. The predicted molar refractivity (Wildman–Crippen MR) is 65.1 cm³/mol. The van der Waals surface area contributed by atoms with Crippen LogP contribution in [0.5, 0.6) is 0 Å². The molecule has 2 aromatic rings. The molecule has 16 heavy (non-hydrogen) atoms. The van der Waals surface area contributed by atoms with Crippen molar-refractivity contribution in [3.8, 4) is 0 Å².